The summed E-state index contributed by atoms with van der Waals surface area (Å²) in [7, 11) is 0. The molecule has 9 aromatic carbocycles. The van der Waals surface area contributed by atoms with E-state index in [2.05, 4.69) is 85.0 Å². The van der Waals surface area contributed by atoms with Crippen LogP contribution in [0.2, 0.25) is 0 Å². The van der Waals surface area contributed by atoms with Crippen LogP contribution in [0.4, 0.5) is 0 Å². The van der Waals surface area contributed by atoms with Gasteiger partial charge in [-0.25, -0.2) is 0 Å². The molecule has 5 unspecified atom stereocenters. The normalized spacial score (nSPS) is 17.4. The van der Waals surface area contributed by atoms with Crippen LogP contribution in [-0.4, -0.2) is 89.5 Å². The molecule has 14 rings (SSSR count). The number of fused-ring (bicyclic) bond motifs is 2. The van der Waals surface area contributed by atoms with Gasteiger partial charge in [0.1, 0.15) is 71.0 Å². The Morgan fingerprint density at radius 3 is 1.09 bits per heavy atom. The van der Waals surface area contributed by atoms with Crippen LogP contribution in [0.5, 0.6) is 46.0 Å². The number of carbonyl (C=O) groups is 7. The van der Waals surface area contributed by atoms with Crippen LogP contribution < -0.4 is 24.3 Å². The van der Waals surface area contributed by atoms with E-state index < -0.39 is 53.5 Å². The molecule has 16 heteroatoms. The van der Waals surface area contributed by atoms with Gasteiger partial charge >= 0.3 is 5.97 Å². The second kappa shape index (κ2) is 28.4. The molecular formula is C88H95N3O13. The average Bonchev–Trinajstić information content (AvgIpc) is 0.790. The maximum absolute atomic E-state index is 16.8. The van der Waals surface area contributed by atoms with Crippen molar-refractivity contribution in [3.05, 3.63) is 164 Å². The number of rotatable bonds is 25. The third-order valence-electron chi connectivity index (χ3n) is 23.1. The van der Waals surface area contributed by atoms with Crippen molar-refractivity contribution in [2.24, 2.45) is 23.7 Å². The van der Waals surface area contributed by atoms with Gasteiger partial charge in [0.2, 0.25) is 5.91 Å². The number of aldehydes is 1. The maximum Gasteiger partial charge on any atom is 0.307 e. The summed E-state index contributed by atoms with van der Waals surface area (Å²) in [4.78, 5) is 111. The molecule has 1 saturated heterocycles. The summed E-state index contributed by atoms with van der Waals surface area (Å²) < 4.78 is 40.7. The average molecular weight is 1400 g/mol. The second-order valence-electron chi connectivity index (χ2n) is 31.3. The van der Waals surface area contributed by atoms with E-state index in [4.69, 9.17) is 28.4 Å². The van der Waals surface area contributed by atoms with Crippen molar-refractivity contribution in [2.75, 3.05) is 19.8 Å². The van der Waals surface area contributed by atoms with E-state index in [0.29, 0.717) is 61.9 Å². The first-order chi connectivity index (χ1) is 49.8. The van der Waals surface area contributed by atoms with E-state index in [1.807, 2.05) is 90.1 Å². The number of hydrogen-bond acceptors (Lipinski definition) is 13. The Kier molecular flexibility index (Phi) is 19.5. The number of aryl methyl sites for hydroxylation is 4. The number of hydrogen-bond donors (Lipinski definition) is 1. The van der Waals surface area contributed by atoms with Gasteiger partial charge in [-0.2, -0.15) is 0 Å². The quantitative estimate of drug-likeness (QED) is 0.0142. The van der Waals surface area contributed by atoms with Gasteiger partial charge in [-0.3, -0.25) is 38.6 Å². The van der Waals surface area contributed by atoms with Crippen LogP contribution >= 0.6 is 0 Å². The molecule has 3 heterocycles. The largest absolute Gasteiger partial charge is 0.463 e. The standard InChI is InChI=1S/C88H95N3O13/c1-44(2)56-23-27-66(48(9)33-56)101-70-37-61-75-62(86(96)90(85(61)95)65(41-92)52(13)54-19-15-16-20-54)38-71(102-67-28-24-57(45(3)4)34-49(67)10)78-80-73(104-69-30-26-59(47(7)8)36-51(69)12)40-64-76-63(39-72(79(82(76)80)77(70)81(75)78)103-68-29-25-58(46(5)6)35-50(68)11)87(97)91(88(64)98)83(53(14)55-21-17-18-22-55)84(94)89-32-31-74(93)100-43-60-42-99-60/h23-30,33-41,44-47,52-55,60,65,83H,15-22,31-32,42-43H2,1-14H3,(H,89,94). The molecule has 16 nitrogen and oxygen atoms in total. The van der Waals surface area contributed by atoms with Gasteiger partial charge in [-0.05, 0) is 168 Å². The van der Waals surface area contributed by atoms with Gasteiger partial charge in [0.25, 0.3) is 23.6 Å². The minimum absolute atomic E-state index is 0.0465. The molecule has 5 atom stereocenters. The summed E-state index contributed by atoms with van der Waals surface area (Å²) in [6.45, 7) is 29.2. The fraction of sp³-hybridized carbons (Fsp3) is 0.420. The zero-order valence-corrected chi connectivity index (χ0v) is 62.4. The minimum Gasteiger partial charge on any atom is -0.463 e. The lowest BCUT2D eigenvalue weighted by Crippen LogP contribution is -2.57. The first-order valence-corrected chi connectivity index (χ1v) is 37.6. The molecule has 0 aromatic heterocycles. The van der Waals surface area contributed by atoms with Gasteiger partial charge < -0.3 is 38.5 Å². The zero-order valence-electron chi connectivity index (χ0n) is 62.4. The first kappa shape index (κ1) is 71.3. The predicted octanol–water partition coefficient (Wildman–Crippen LogP) is 19.9. The summed E-state index contributed by atoms with van der Waals surface area (Å²) in [5.41, 5.74) is 7.70. The minimum atomic E-state index is -1.36. The highest BCUT2D eigenvalue weighted by atomic mass is 16.6. The fourth-order valence-corrected chi connectivity index (χ4v) is 16.8. The van der Waals surface area contributed by atoms with Gasteiger partial charge in [-0.15, -0.1) is 0 Å². The molecule has 0 radical (unpaired) electrons. The van der Waals surface area contributed by atoms with E-state index in [0.717, 1.165) is 112 Å². The van der Waals surface area contributed by atoms with Crippen molar-refractivity contribution in [1.29, 1.82) is 0 Å². The molecule has 9 aromatic rings. The Balaban J connectivity index is 1.14. The van der Waals surface area contributed by atoms with Crippen molar-refractivity contribution in [3.63, 3.8) is 0 Å². The van der Waals surface area contributed by atoms with Gasteiger partial charge in [0.15, 0.2) is 0 Å². The molecule has 5 amide bonds. The Labute approximate surface area is 608 Å². The van der Waals surface area contributed by atoms with Gasteiger partial charge in [0, 0.05) is 49.6 Å². The third kappa shape index (κ3) is 12.9. The molecule has 2 aliphatic carbocycles. The lowest BCUT2D eigenvalue weighted by atomic mass is 9.79. The number of carbonyl (C=O) groups excluding carboxylic acids is 7. The number of ether oxygens (including phenoxy) is 6. The first-order valence-electron chi connectivity index (χ1n) is 37.6. The Bertz CT molecular complexity index is 4740. The lowest BCUT2D eigenvalue weighted by molar-refractivity contribution is -0.144. The Morgan fingerprint density at radius 1 is 0.452 bits per heavy atom. The van der Waals surface area contributed by atoms with Crippen molar-refractivity contribution in [1.82, 2.24) is 15.1 Å². The van der Waals surface area contributed by atoms with Crippen LogP contribution in [0.15, 0.2) is 97.1 Å². The molecule has 3 fully saturated rings. The maximum atomic E-state index is 16.8. The lowest BCUT2D eigenvalue weighted by Gasteiger charge is -2.39. The molecule has 1 N–H and O–H groups in total. The van der Waals surface area contributed by atoms with Crippen molar-refractivity contribution in [3.8, 4) is 46.0 Å². The summed E-state index contributed by atoms with van der Waals surface area (Å²) in [6.07, 6.45) is 7.46. The topological polar surface area (TPSA) is 197 Å². The van der Waals surface area contributed by atoms with Crippen LogP contribution in [0, 0.1) is 51.4 Å². The van der Waals surface area contributed by atoms with Gasteiger partial charge in [0.05, 0.1) is 41.3 Å². The SMILES string of the molecule is Cc1cc(C(C)C)ccc1Oc1cc2c3c(cc(Oc4ccc(C(C)C)cc4C)c4c5c(Oc6ccc(C(C)C)cc6C)cc6c7c(cc(Oc8ccc(C(C)C)cc8C)c(c1c34)c75)C(=O)N(C(C(=O)NCCC(=O)OCC1CO1)C(C)C1CCCC1)C6=O)C(=O)N(C(C=O)C(C)C1CCCC1)C2=O. The summed E-state index contributed by atoms with van der Waals surface area (Å²) in [6, 6.07) is 28.1. The second-order valence-corrected chi connectivity index (χ2v) is 31.3. The molecule has 0 bridgehead atoms. The van der Waals surface area contributed by atoms with Crippen molar-refractivity contribution in [2.45, 2.75) is 197 Å². The monoisotopic (exact) mass is 1400 g/mol. The highest BCUT2D eigenvalue weighted by Crippen LogP contribution is 2.59. The molecular weight excluding hydrogens is 1310 g/mol. The predicted molar refractivity (Wildman–Crippen MR) is 404 cm³/mol. The highest BCUT2D eigenvalue weighted by Gasteiger charge is 2.49. The molecule has 2 saturated carbocycles. The van der Waals surface area contributed by atoms with E-state index >= 15 is 24.0 Å². The third-order valence-corrected chi connectivity index (χ3v) is 23.1. The van der Waals surface area contributed by atoms with Crippen molar-refractivity contribution >= 4 is 84.9 Å². The van der Waals surface area contributed by atoms with E-state index in [1.54, 1.807) is 24.3 Å². The Hall–Kier alpha value is -9.67. The summed E-state index contributed by atoms with van der Waals surface area (Å²) >= 11 is 0. The molecule has 540 valence electrons. The number of epoxide rings is 1. The molecule has 5 aliphatic rings. The van der Waals surface area contributed by atoms with Gasteiger partial charge in [-0.1, -0.05) is 169 Å². The van der Waals surface area contributed by atoms with E-state index in [9.17, 15) is 9.59 Å². The van der Waals surface area contributed by atoms with Crippen molar-refractivity contribution < 1.29 is 62.0 Å². The van der Waals surface area contributed by atoms with Crippen LogP contribution in [0.1, 0.15) is 237 Å². The summed E-state index contributed by atoms with van der Waals surface area (Å²) in [5, 5.41) is 5.56. The number of amides is 5. The molecule has 104 heavy (non-hydrogen) atoms. The van der Waals surface area contributed by atoms with E-state index in [1.165, 1.54) is 0 Å². The number of imide groups is 2. The molecule has 0 spiro atoms. The number of nitrogens with zero attached hydrogens (tertiary/aromatic N) is 2. The van der Waals surface area contributed by atoms with Crippen LogP contribution in [0.3, 0.4) is 0 Å². The Morgan fingerprint density at radius 2 is 0.779 bits per heavy atom. The highest BCUT2D eigenvalue weighted by molar-refractivity contribution is 6.45. The smallest absolute Gasteiger partial charge is 0.307 e. The number of esters is 1. The molecule has 3 aliphatic heterocycles. The summed E-state index contributed by atoms with van der Waals surface area (Å²) in [5.74, 6) is -1.83. The van der Waals surface area contributed by atoms with Crippen LogP contribution in [-0.2, 0) is 23.9 Å². The van der Waals surface area contributed by atoms with E-state index in [-0.39, 0.29) is 123 Å². The fourth-order valence-electron chi connectivity index (χ4n) is 16.8. The number of nitrogens with one attached hydrogen (secondary N) is 1. The van der Waals surface area contributed by atoms with Crippen LogP contribution in [0.25, 0.3) is 43.1 Å². The zero-order chi connectivity index (χ0) is 73.6. The number of benzene rings is 9.